The molecule has 1 fully saturated rings. The van der Waals surface area contributed by atoms with E-state index >= 15 is 0 Å². The molecule has 0 bridgehead atoms. The lowest BCUT2D eigenvalue weighted by Crippen LogP contribution is -2.56. The Bertz CT molecular complexity index is 550. The normalized spacial score (nSPS) is 16.4. The average molecular weight is 352 g/mol. The van der Waals surface area contributed by atoms with E-state index in [-0.39, 0.29) is 11.9 Å². The van der Waals surface area contributed by atoms with Crippen LogP contribution in [0.1, 0.15) is 57.4 Å². The summed E-state index contributed by atoms with van der Waals surface area (Å²) in [4.78, 5) is 24.7. The summed E-state index contributed by atoms with van der Waals surface area (Å²) >= 11 is 5.87. The molecule has 1 aromatic carbocycles. The molecule has 2 rings (SSSR count). The van der Waals surface area contributed by atoms with Gasteiger partial charge in [-0.05, 0) is 50.3 Å². The van der Waals surface area contributed by atoms with E-state index in [1.165, 1.54) is 0 Å². The second kappa shape index (κ2) is 9.07. The van der Waals surface area contributed by atoms with Gasteiger partial charge in [-0.1, -0.05) is 43.0 Å². The lowest BCUT2D eigenvalue weighted by Gasteiger charge is -2.35. The van der Waals surface area contributed by atoms with Crippen molar-refractivity contribution in [1.82, 2.24) is 5.32 Å². The Morgan fingerprint density at radius 2 is 1.83 bits per heavy atom. The molecule has 1 amide bonds. The number of halogens is 1. The second-order valence-corrected chi connectivity index (χ2v) is 6.83. The van der Waals surface area contributed by atoms with Crippen LogP contribution in [0.15, 0.2) is 24.3 Å². The van der Waals surface area contributed by atoms with Gasteiger partial charge in [0.15, 0.2) is 0 Å². The fraction of sp³-hybridized carbons (Fsp3) is 0.579. The van der Waals surface area contributed by atoms with E-state index in [2.05, 4.69) is 5.32 Å². The van der Waals surface area contributed by atoms with E-state index in [9.17, 15) is 9.59 Å². The summed E-state index contributed by atoms with van der Waals surface area (Å²) < 4.78 is 5.20. The van der Waals surface area contributed by atoms with Gasteiger partial charge in [0.1, 0.15) is 5.54 Å². The smallest absolute Gasteiger partial charge is 0.331 e. The van der Waals surface area contributed by atoms with Crippen molar-refractivity contribution in [1.29, 1.82) is 0 Å². The number of hydrogen-bond donors (Lipinski definition) is 1. The molecule has 1 saturated carbocycles. The quantitative estimate of drug-likeness (QED) is 0.754. The lowest BCUT2D eigenvalue weighted by atomic mass is 9.81. The first kappa shape index (κ1) is 18.8. The van der Waals surface area contributed by atoms with E-state index in [0.29, 0.717) is 30.9 Å². The SMILES string of the molecule is CCOC(=O)C1(NC(=O)CCCc2ccc(Cl)cc2)CCCCC1. The van der Waals surface area contributed by atoms with Crippen LogP contribution in [0.3, 0.4) is 0 Å². The number of esters is 1. The van der Waals surface area contributed by atoms with E-state index in [4.69, 9.17) is 16.3 Å². The summed E-state index contributed by atoms with van der Waals surface area (Å²) in [5, 5.41) is 3.69. The number of nitrogens with one attached hydrogen (secondary N) is 1. The van der Waals surface area contributed by atoms with Crippen LogP contribution in [0.2, 0.25) is 5.02 Å². The molecule has 24 heavy (non-hydrogen) atoms. The van der Waals surface area contributed by atoms with Crippen LogP contribution in [0.5, 0.6) is 0 Å². The number of carbonyl (C=O) groups excluding carboxylic acids is 2. The molecule has 1 N–H and O–H groups in total. The van der Waals surface area contributed by atoms with Crippen LogP contribution in [-0.4, -0.2) is 24.0 Å². The predicted octanol–water partition coefficient (Wildman–Crippen LogP) is 4.04. The van der Waals surface area contributed by atoms with Crippen molar-refractivity contribution in [2.75, 3.05) is 6.61 Å². The van der Waals surface area contributed by atoms with Gasteiger partial charge < -0.3 is 10.1 Å². The van der Waals surface area contributed by atoms with Crippen molar-refractivity contribution in [3.63, 3.8) is 0 Å². The van der Waals surface area contributed by atoms with Gasteiger partial charge in [0.05, 0.1) is 6.61 Å². The Balaban J connectivity index is 1.85. The number of hydrogen-bond acceptors (Lipinski definition) is 3. The van der Waals surface area contributed by atoms with Crippen LogP contribution in [0, 0.1) is 0 Å². The molecule has 4 nitrogen and oxygen atoms in total. The summed E-state index contributed by atoms with van der Waals surface area (Å²) in [5.41, 5.74) is 0.344. The zero-order chi connectivity index (χ0) is 17.4. The summed E-state index contributed by atoms with van der Waals surface area (Å²) in [6.45, 7) is 2.13. The Morgan fingerprint density at radius 3 is 2.46 bits per heavy atom. The molecule has 1 aliphatic rings. The molecule has 132 valence electrons. The number of rotatable bonds is 7. The molecule has 1 aliphatic carbocycles. The summed E-state index contributed by atoms with van der Waals surface area (Å²) in [7, 11) is 0. The van der Waals surface area contributed by atoms with Crippen molar-refractivity contribution in [3.05, 3.63) is 34.9 Å². The minimum Gasteiger partial charge on any atom is -0.464 e. The predicted molar refractivity (Wildman–Crippen MR) is 95.0 cm³/mol. The minimum absolute atomic E-state index is 0.0704. The lowest BCUT2D eigenvalue weighted by molar-refractivity contribution is -0.155. The highest BCUT2D eigenvalue weighted by atomic mass is 35.5. The molecule has 0 aliphatic heterocycles. The van der Waals surface area contributed by atoms with Crippen LogP contribution < -0.4 is 5.32 Å². The molecule has 5 heteroatoms. The molecule has 0 radical (unpaired) electrons. The minimum atomic E-state index is -0.814. The van der Waals surface area contributed by atoms with Crippen LogP contribution in [-0.2, 0) is 20.7 Å². The van der Waals surface area contributed by atoms with Gasteiger partial charge in [0.2, 0.25) is 5.91 Å². The van der Waals surface area contributed by atoms with Gasteiger partial charge in [-0.25, -0.2) is 4.79 Å². The first-order valence-electron chi connectivity index (χ1n) is 8.78. The van der Waals surface area contributed by atoms with Gasteiger partial charge >= 0.3 is 5.97 Å². The highest BCUT2D eigenvalue weighted by Gasteiger charge is 2.41. The van der Waals surface area contributed by atoms with Crippen molar-refractivity contribution < 1.29 is 14.3 Å². The molecule has 0 unspecified atom stereocenters. The van der Waals surface area contributed by atoms with Crippen LogP contribution >= 0.6 is 11.6 Å². The molecule has 0 spiro atoms. The topological polar surface area (TPSA) is 55.4 Å². The third kappa shape index (κ3) is 5.23. The maximum atomic E-state index is 12.3. The fourth-order valence-electron chi connectivity index (χ4n) is 3.24. The van der Waals surface area contributed by atoms with E-state index in [1.54, 1.807) is 6.92 Å². The molecule has 0 saturated heterocycles. The third-order valence-electron chi connectivity index (χ3n) is 4.53. The summed E-state index contributed by atoms with van der Waals surface area (Å²) in [6.07, 6.45) is 6.32. The Morgan fingerprint density at radius 1 is 1.17 bits per heavy atom. The van der Waals surface area contributed by atoms with Crippen LogP contribution in [0.25, 0.3) is 0 Å². The van der Waals surface area contributed by atoms with Gasteiger partial charge in [-0.15, -0.1) is 0 Å². The van der Waals surface area contributed by atoms with E-state index < -0.39 is 5.54 Å². The molecular weight excluding hydrogens is 326 g/mol. The average Bonchev–Trinajstić information content (AvgIpc) is 2.58. The number of ether oxygens (including phenoxy) is 1. The Hall–Kier alpha value is -1.55. The van der Waals surface area contributed by atoms with E-state index in [0.717, 1.165) is 37.7 Å². The number of carbonyl (C=O) groups is 2. The maximum absolute atomic E-state index is 12.3. The van der Waals surface area contributed by atoms with Crippen molar-refractivity contribution in [2.45, 2.75) is 63.8 Å². The third-order valence-corrected chi connectivity index (χ3v) is 4.79. The Labute approximate surface area is 148 Å². The molecule has 0 atom stereocenters. The second-order valence-electron chi connectivity index (χ2n) is 6.39. The van der Waals surface area contributed by atoms with Crippen molar-refractivity contribution >= 4 is 23.5 Å². The number of amides is 1. The summed E-state index contributed by atoms with van der Waals surface area (Å²) in [5.74, 6) is -0.352. The van der Waals surface area contributed by atoms with Gasteiger partial charge in [-0.3, -0.25) is 4.79 Å². The Kier molecular flexibility index (Phi) is 7.10. The van der Waals surface area contributed by atoms with E-state index in [1.807, 2.05) is 24.3 Å². The zero-order valence-corrected chi connectivity index (χ0v) is 15.0. The molecule has 1 aromatic rings. The number of aryl methyl sites for hydroxylation is 1. The molecular formula is C19H26ClNO3. The van der Waals surface area contributed by atoms with Gasteiger partial charge in [0.25, 0.3) is 0 Å². The zero-order valence-electron chi connectivity index (χ0n) is 14.3. The van der Waals surface area contributed by atoms with Crippen molar-refractivity contribution in [3.8, 4) is 0 Å². The van der Waals surface area contributed by atoms with Gasteiger partial charge in [-0.2, -0.15) is 0 Å². The van der Waals surface area contributed by atoms with Crippen LogP contribution in [0.4, 0.5) is 0 Å². The highest BCUT2D eigenvalue weighted by Crippen LogP contribution is 2.29. The fourth-order valence-corrected chi connectivity index (χ4v) is 3.36. The summed E-state index contributed by atoms with van der Waals surface area (Å²) in [6, 6.07) is 7.66. The molecule has 0 aromatic heterocycles. The maximum Gasteiger partial charge on any atom is 0.331 e. The number of benzene rings is 1. The first-order valence-corrected chi connectivity index (χ1v) is 9.16. The standard InChI is InChI=1S/C19H26ClNO3/c1-2-24-18(23)19(13-4-3-5-14-19)21-17(22)8-6-7-15-9-11-16(20)12-10-15/h9-12H,2-8,13-14H2,1H3,(H,21,22). The molecule has 0 heterocycles. The highest BCUT2D eigenvalue weighted by molar-refractivity contribution is 6.30. The monoisotopic (exact) mass is 351 g/mol. The first-order chi connectivity index (χ1) is 11.6. The van der Waals surface area contributed by atoms with Crippen molar-refractivity contribution in [2.24, 2.45) is 0 Å². The largest absolute Gasteiger partial charge is 0.464 e. The van der Waals surface area contributed by atoms with Gasteiger partial charge in [0, 0.05) is 11.4 Å².